The second kappa shape index (κ2) is 8.46. The predicted octanol–water partition coefficient (Wildman–Crippen LogP) is 7.90. The molecule has 1 aliphatic carbocycles. The Morgan fingerprint density at radius 2 is 1.52 bits per heavy atom. The lowest BCUT2D eigenvalue weighted by Crippen LogP contribution is -2.07. The molecule has 0 saturated heterocycles. The van der Waals surface area contributed by atoms with Gasteiger partial charge in [0.15, 0.2) is 11.6 Å². The summed E-state index contributed by atoms with van der Waals surface area (Å²) in [6, 6.07) is 14.5. The number of halogens is 3. The number of aromatic hydroxyl groups is 1. The number of phenols is 1. The third-order valence-corrected chi connectivity index (χ3v) is 6.07. The van der Waals surface area contributed by atoms with Crippen molar-refractivity contribution in [3.05, 3.63) is 95.8 Å². The van der Waals surface area contributed by atoms with Crippen molar-refractivity contribution in [1.82, 2.24) is 0 Å². The van der Waals surface area contributed by atoms with Gasteiger partial charge in [0.1, 0.15) is 5.82 Å². The monoisotopic (exact) mass is 420 g/mol. The molecule has 158 valence electrons. The maximum atomic E-state index is 15.0. The van der Waals surface area contributed by atoms with Crippen molar-refractivity contribution < 1.29 is 18.3 Å². The SMILES string of the molecule is C=CC1CCC(c2ccc(-c3ccc(-c4ccc(O)c(F)c4F)cc3)cc2F)=C(C)C1. The average molecular weight is 420 g/mol. The molecular formula is C27H23F3O. The molecule has 4 heteroatoms. The second-order valence-electron chi connectivity index (χ2n) is 8.03. The van der Waals surface area contributed by atoms with E-state index >= 15 is 0 Å². The van der Waals surface area contributed by atoms with Crippen LogP contribution in [0.4, 0.5) is 13.2 Å². The summed E-state index contributed by atoms with van der Waals surface area (Å²) in [7, 11) is 0. The molecule has 1 aliphatic rings. The van der Waals surface area contributed by atoms with Gasteiger partial charge in [-0.15, -0.1) is 6.58 Å². The summed E-state index contributed by atoms with van der Waals surface area (Å²) >= 11 is 0. The number of rotatable bonds is 4. The summed E-state index contributed by atoms with van der Waals surface area (Å²) in [4.78, 5) is 0. The van der Waals surface area contributed by atoms with Crippen LogP contribution in [0, 0.1) is 23.4 Å². The van der Waals surface area contributed by atoms with Gasteiger partial charge in [-0.3, -0.25) is 0 Å². The maximum Gasteiger partial charge on any atom is 0.200 e. The summed E-state index contributed by atoms with van der Waals surface area (Å²) in [5, 5.41) is 9.29. The molecule has 1 nitrogen and oxygen atoms in total. The molecule has 0 aliphatic heterocycles. The zero-order chi connectivity index (χ0) is 22.1. The van der Waals surface area contributed by atoms with E-state index in [0.717, 1.165) is 36.5 Å². The van der Waals surface area contributed by atoms with Crippen LogP contribution in [0.5, 0.6) is 5.75 Å². The Morgan fingerprint density at radius 3 is 2.16 bits per heavy atom. The summed E-state index contributed by atoms with van der Waals surface area (Å²) in [5.74, 6) is -2.91. The fourth-order valence-corrected chi connectivity index (χ4v) is 4.27. The van der Waals surface area contributed by atoms with Gasteiger partial charge in [0.2, 0.25) is 5.82 Å². The van der Waals surface area contributed by atoms with E-state index in [4.69, 9.17) is 0 Å². The van der Waals surface area contributed by atoms with Crippen molar-refractivity contribution in [3.63, 3.8) is 0 Å². The number of hydrogen-bond acceptors (Lipinski definition) is 1. The van der Waals surface area contributed by atoms with Gasteiger partial charge in [0.05, 0.1) is 0 Å². The van der Waals surface area contributed by atoms with Gasteiger partial charge >= 0.3 is 0 Å². The van der Waals surface area contributed by atoms with E-state index in [1.54, 1.807) is 24.3 Å². The highest BCUT2D eigenvalue weighted by Gasteiger charge is 2.20. The first-order chi connectivity index (χ1) is 14.9. The standard InChI is InChI=1S/C27H23F3O/c1-3-17-4-10-21(16(2)14-17)23-11-9-20(15-24(23)28)18-5-7-19(8-6-18)22-12-13-25(31)27(30)26(22)29/h3,5-9,11-13,15,17,31H,1,4,10,14H2,2H3. The van der Waals surface area contributed by atoms with Gasteiger partial charge in [0.25, 0.3) is 0 Å². The number of hydrogen-bond donors (Lipinski definition) is 1. The minimum atomic E-state index is -1.27. The lowest BCUT2D eigenvalue weighted by atomic mass is 9.81. The van der Waals surface area contributed by atoms with Gasteiger partial charge in [0, 0.05) is 11.1 Å². The van der Waals surface area contributed by atoms with E-state index in [2.05, 4.69) is 13.5 Å². The van der Waals surface area contributed by atoms with E-state index in [0.29, 0.717) is 22.6 Å². The molecule has 0 fully saturated rings. The number of allylic oxidation sites excluding steroid dienone is 3. The Kier molecular flexibility index (Phi) is 5.73. The van der Waals surface area contributed by atoms with Crippen LogP contribution in [0.2, 0.25) is 0 Å². The topological polar surface area (TPSA) is 20.2 Å². The molecule has 3 aromatic carbocycles. The van der Waals surface area contributed by atoms with Crippen molar-refractivity contribution in [2.75, 3.05) is 0 Å². The molecule has 0 heterocycles. The average Bonchev–Trinajstić information content (AvgIpc) is 2.78. The van der Waals surface area contributed by atoms with Gasteiger partial charge in [-0.05, 0) is 72.6 Å². The Bertz CT molecular complexity index is 1180. The minimum Gasteiger partial charge on any atom is -0.505 e. The van der Waals surface area contributed by atoms with Crippen molar-refractivity contribution in [1.29, 1.82) is 0 Å². The minimum absolute atomic E-state index is 0.0564. The molecule has 0 amide bonds. The van der Waals surface area contributed by atoms with Crippen LogP contribution in [0.1, 0.15) is 31.7 Å². The van der Waals surface area contributed by atoms with Gasteiger partial charge in [-0.2, -0.15) is 4.39 Å². The predicted molar refractivity (Wildman–Crippen MR) is 119 cm³/mol. The molecule has 0 bridgehead atoms. The Labute approximate surface area is 180 Å². The van der Waals surface area contributed by atoms with Gasteiger partial charge in [-0.25, -0.2) is 8.78 Å². The molecule has 0 radical (unpaired) electrons. The first-order valence-electron chi connectivity index (χ1n) is 10.3. The van der Waals surface area contributed by atoms with Crippen LogP contribution in [0.25, 0.3) is 27.8 Å². The quantitative estimate of drug-likeness (QED) is 0.425. The number of benzene rings is 3. The van der Waals surface area contributed by atoms with Crippen molar-refractivity contribution >= 4 is 5.57 Å². The first-order valence-corrected chi connectivity index (χ1v) is 10.3. The molecule has 1 unspecified atom stereocenters. The molecule has 1 atom stereocenters. The first kappa shape index (κ1) is 21.0. The van der Waals surface area contributed by atoms with E-state index < -0.39 is 17.4 Å². The molecule has 4 rings (SSSR count). The van der Waals surface area contributed by atoms with Crippen LogP contribution >= 0.6 is 0 Å². The van der Waals surface area contributed by atoms with Crippen LogP contribution in [0.3, 0.4) is 0 Å². The third-order valence-electron chi connectivity index (χ3n) is 6.07. The van der Waals surface area contributed by atoms with Crippen molar-refractivity contribution in [2.24, 2.45) is 5.92 Å². The summed E-state index contributed by atoms with van der Waals surface area (Å²) in [6.45, 7) is 5.93. The van der Waals surface area contributed by atoms with Crippen LogP contribution in [0.15, 0.2) is 72.8 Å². The zero-order valence-corrected chi connectivity index (χ0v) is 17.3. The van der Waals surface area contributed by atoms with E-state index in [1.807, 2.05) is 18.2 Å². The maximum absolute atomic E-state index is 15.0. The molecule has 3 aromatic rings. The zero-order valence-electron chi connectivity index (χ0n) is 17.3. The molecule has 31 heavy (non-hydrogen) atoms. The highest BCUT2D eigenvalue weighted by molar-refractivity contribution is 5.75. The summed E-state index contributed by atoms with van der Waals surface area (Å²) in [5.41, 5.74) is 4.93. The fourth-order valence-electron chi connectivity index (χ4n) is 4.27. The fraction of sp³-hybridized carbons (Fsp3) is 0.185. The van der Waals surface area contributed by atoms with Gasteiger partial charge < -0.3 is 5.11 Å². The van der Waals surface area contributed by atoms with Crippen molar-refractivity contribution in [3.8, 4) is 28.0 Å². The Hall–Kier alpha value is -3.27. The van der Waals surface area contributed by atoms with Gasteiger partial charge in [-0.1, -0.05) is 48.0 Å². The summed E-state index contributed by atoms with van der Waals surface area (Å²) in [6.07, 6.45) is 4.70. The second-order valence-corrected chi connectivity index (χ2v) is 8.03. The largest absolute Gasteiger partial charge is 0.505 e. The van der Waals surface area contributed by atoms with Crippen molar-refractivity contribution in [2.45, 2.75) is 26.2 Å². The van der Waals surface area contributed by atoms with Crippen LogP contribution in [-0.2, 0) is 0 Å². The molecule has 0 saturated carbocycles. The van der Waals surface area contributed by atoms with E-state index in [-0.39, 0.29) is 11.4 Å². The van der Waals surface area contributed by atoms with E-state index in [1.165, 1.54) is 17.7 Å². The summed E-state index contributed by atoms with van der Waals surface area (Å²) < 4.78 is 42.8. The number of phenolic OH excluding ortho intramolecular Hbond substituents is 1. The van der Waals surface area contributed by atoms with Crippen LogP contribution in [-0.4, -0.2) is 5.11 Å². The molecular weight excluding hydrogens is 397 g/mol. The lowest BCUT2D eigenvalue weighted by Gasteiger charge is -2.24. The Morgan fingerprint density at radius 1 is 0.871 bits per heavy atom. The normalized spacial score (nSPS) is 16.5. The third kappa shape index (κ3) is 4.02. The van der Waals surface area contributed by atoms with Crippen LogP contribution < -0.4 is 0 Å². The highest BCUT2D eigenvalue weighted by Crippen LogP contribution is 2.38. The molecule has 0 aromatic heterocycles. The Balaban J connectivity index is 1.62. The smallest absolute Gasteiger partial charge is 0.200 e. The highest BCUT2D eigenvalue weighted by atomic mass is 19.2. The lowest BCUT2D eigenvalue weighted by molar-refractivity contribution is 0.408. The van der Waals surface area contributed by atoms with E-state index in [9.17, 15) is 18.3 Å². The molecule has 1 N–H and O–H groups in total. The molecule has 0 spiro atoms.